The van der Waals surface area contributed by atoms with Gasteiger partial charge in [0.1, 0.15) is 18.1 Å². The quantitative estimate of drug-likeness (QED) is 0.309. The van der Waals surface area contributed by atoms with Crippen LogP contribution >= 0.6 is 15.9 Å². The Kier molecular flexibility index (Phi) is 7.83. The van der Waals surface area contributed by atoms with Crippen molar-refractivity contribution in [3.8, 4) is 11.5 Å². The third-order valence-corrected chi connectivity index (χ3v) is 4.14. The van der Waals surface area contributed by atoms with Crippen molar-refractivity contribution in [2.45, 2.75) is 32.8 Å². The second kappa shape index (κ2) is 10.1. The maximum absolute atomic E-state index is 12.1. The second-order valence-electron chi connectivity index (χ2n) is 5.54. The van der Waals surface area contributed by atoms with Gasteiger partial charge in [0.25, 0.3) is 0 Å². The SMILES string of the molecule is CCCCCOc1ccc(C(=O)CBr)c(OCc2ccccc2)c1. The lowest BCUT2D eigenvalue weighted by Crippen LogP contribution is -2.06. The van der Waals surface area contributed by atoms with Gasteiger partial charge in [0, 0.05) is 6.07 Å². The summed E-state index contributed by atoms with van der Waals surface area (Å²) in [7, 11) is 0. The minimum absolute atomic E-state index is 0.00408. The van der Waals surface area contributed by atoms with Crippen molar-refractivity contribution in [3.63, 3.8) is 0 Å². The first-order chi connectivity index (χ1) is 11.7. The Labute approximate surface area is 152 Å². The smallest absolute Gasteiger partial charge is 0.177 e. The molecule has 0 spiro atoms. The highest BCUT2D eigenvalue weighted by Gasteiger charge is 2.13. The van der Waals surface area contributed by atoms with Gasteiger partial charge < -0.3 is 9.47 Å². The van der Waals surface area contributed by atoms with Crippen molar-refractivity contribution in [1.29, 1.82) is 0 Å². The Hall–Kier alpha value is -1.81. The van der Waals surface area contributed by atoms with Gasteiger partial charge in [-0.05, 0) is 24.1 Å². The molecule has 0 amide bonds. The first kappa shape index (κ1) is 18.5. The number of ether oxygens (including phenoxy) is 2. The van der Waals surface area contributed by atoms with E-state index >= 15 is 0 Å². The highest BCUT2D eigenvalue weighted by Crippen LogP contribution is 2.27. The zero-order valence-corrected chi connectivity index (χ0v) is 15.6. The molecule has 0 unspecified atom stereocenters. The maximum atomic E-state index is 12.1. The number of Topliss-reactive ketones (excluding diaryl/α,β-unsaturated/α-hetero) is 1. The molecule has 2 aromatic carbocycles. The summed E-state index contributed by atoms with van der Waals surface area (Å²) in [5.74, 6) is 1.30. The summed E-state index contributed by atoms with van der Waals surface area (Å²) in [5, 5.41) is 0.269. The molecule has 2 rings (SSSR count). The van der Waals surface area contributed by atoms with E-state index in [4.69, 9.17) is 9.47 Å². The van der Waals surface area contributed by atoms with E-state index in [1.165, 1.54) is 0 Å². The lowest BCUT2D eigenvalue weighted by molar-refractivity contribution is 0.101. The van der Waals surface area contributed by atoms with Crippen LogP contribution in [-0.2, 0) is 6.61 Å². The fourth-order valence-corrected chi connectivity index (χ4v) is 2.59. The molecule has 3 nitrogen and oxygen atoms in total. The molecule has 0 aliphatic rings. The predicted molar refractivity (Wildman–Crippen MR) is 100 cm³/mol. The van der Waals surface area contributed by atoms with Gasteiger partial charge in [-0.1, -0.05) is 66.0 Å². The Morgan fingerprint density at radius 2 is 1.83 bits per heavy atom. The molecular formula is C20H23BrO3. The number of carbonyl (C=O) groups excluding carboxylic acids is 1. The Balaban J connectivity index is 2.09. The third kappa shape index (κ3) is 5.68. The summed E-state index contributed by atoms with van der Waals surface area (Å²) >= 11 is 3.22. The Bertz CT molecular complexity index is 641. The topological polar surface area (TPSA) is 35.5 Å². The predicted octanol–water partition coefficient (Wildman–Crippen LogP) is 5.41. The van der Waals surface area contributed by atoms with Crippen LogP contribution in [0.3, 0.4) is 0 Å². The molecular weight excluding hydrogens is 368 g/mol. The Morgan fingerprint density at radius 3 is 2.54 bits per heavy atom. The van der Waals surface area contributed by atoms with Gasteiger partial charge in [-0.15, -0.1) is 0 Å². The summed E-state index contributed by atoms with van der Waals surface area (Å²) in [4.78, 5) is 12.1. The fourth-order valence-electron chi connectivity index (χ4n) is 2.29. The van der Waals surface area contributed by atoms with Crippen molar-refractivity contribution >= 4 is 21.7 Å². The molecule has 24 heavy (non-hydrogen) atoms. The number of rotatable bonds is 10. The first-order valence-corrected chi connectivity index (χ1v) is 9.39. The molecule has 0 saturated carbocycles. The largest absolute Gasteiger partial charge is 0.493 e. The van der Waals surface area contributed by atoms with Crippen molar-refractivity contribution in [2.24, 2.45) is 0 Å². The molecule has 128 valence electrons. The molecule has 0 atom stereocenters. The first-order valence-electron chi connectivity index (χ1n) is 8.27. The molecule has 0 saturated heterocycles. The van der Waals surface area contributed by atoms with Crippen molar-refractivity contribution < 1.29 is 14.3 Å². The Morgan fingerprint density at radius 1 is 1.04 bits per heavy atom. The molecule has 4 heteroatoms. The number of ketones is 1. The zero-order valence-electron chi connectivity index (χ0n) is 14.0. The number of carbonyl (C=O) groups is 1. The summed E-state index contributed by atoms with van der Waals surface area (Å²) in [6, 6.07) is 15.3. The summed E-state index contributed by atoms with van der Waals surface area (Å²) in [6.07, 6.45) is 3.34. The molecule has 0 radical (unpaired) electrons. The van der Waals surface area contributed by atoms with E-state index in [0.717, 1.165) is 30.6 Å². The van der Waals surface area contributed by atoms with Crippen LogP contribution in [0.4, 0.5) is 0 Å². The van der Waals surface area contributed by atoms with Crippen molar-refractivity contribution in [3.05, 3.63) is 59.7 Å². The monoisotopic (exact) mass is 390 g/mol. The van der Waals surface area contributed by atoms with Crippen molar-refractivity contribution in [2.75, 3.05) is 11.9 Å². The van der Waals surface area contributed by atoms with Crippen LogP contribution in [0.5, 0.6) is 11.5 Å². The van der Waals surface area contributed by atoms with Crippen LogP contribution in [0.2, 0.25) is 0 Å². The fraction of sp³-hybridized carbons (Fsp3) is 0.350. The number of hydrogen-bond donors (Lipinski definition) is 0. The minimum Gasteiger partial charge on any atom is -0.493 e. The normalized spacial score (nSPS) is 10.4. The van der Waals surface area contributed by atoms with E-state index in [1.807, 2.05) is 42.5 Å². The van der Waals surface area contributed by atoms with E-state index in [-0.39, 0.29) is 11.1 Å². The van der Waals surface area contributed by atoms with Gasteiger partial charge in [-0.25, -0.2) is 0 Å². The molecule has 0 N–H and O–H groups in total. The molecule has 0 aliphatic carbocycles. The van der Waals surface area contributed by atoms with E-state index in [9.17, 15) is 4.79 Å². The molecule has 0 aromatic heterocycles. The van der Waals surface area contributed by atoms with Crippen LogP contribution in [0.25, 0.3) is 0 Å². The van der Waals surface area contributed by atoms with Crippen LogP contribution < -0.4 is 9.47 Å². The molecule has 0 bridgehead atoms. The summed E-state index contributed by atoms with van der Waals surface area (Å²) in [5.41, 5.74) is 1.63. The lowest BCUT2D eigenvalue weighted by Gasteiger charge is -2.13. The van der Waals surface area contributed by atoms with Crippen molar-refractivity contribution in [1.82, 2.24) is 0 Å². The number of hydrogen-bond acceptors (Lipinski definition) is 3. The second-order valence-corrected chi connectivity index (χ2v) is 6.11. The van der Waals surface area contributed by atoms with E-state index in [2.05, 4.69) is 22.9 Å². The van der Waals surface area contributed by atoms with Gasteiger partial charge in [-0.3, -0.25) is 4.79 Å². The van der Waals surface area contributed by atoms with Crippen LogP contribution in [0.15, 0.2) is 48.5 Å². The molecule has 0 aliphatic heterocycles. The number of unbranched alkanes of at least 4 members (excludes halogenated alkanes) is 2. The van der Waals surface area contributed by atoms with Gasteiger partial charge in [0.15, 0.2) is 5.78 Å². The van der Waals surface area contributed by atoms with E-state index in [0.29, 0.717) is 24.5 Å². The molecule has 0 fully saturated rings. The highest BCUT2D eigenvalue weighted by atomic mass is 79.9. The van der Waals surface area contributed by atoms with E-state index < -0.39 is 0 Å². The van der Waals surface area contributed by atoms with Crippen LogP contribution in [0, 0.1) is 0 Å². The standard InChI is InChI=1S/C20H23BrO3/c1-2-3-7-12-23-17-10-11-18(19(22)14-21)20(13-17)24-15-16-8-5-4-6-9-16/h4-6,8-11,13H,2-3,7,12,14-15H2,1H3. The highest BCUT2D eigenvalue weighted by molar-refractivity contribution is 9.09. The van der Waals surface area contributed by atoms with Gasteiger partial charge in [0.05, 0.1) is 17.5 Å². The summed E-state index contributed by atoms with van der Waals surface area (Å²) < 4.78 is 11.7. The van der Waals surface area contributed by atoms with E-state index in [1.54, 1.807) is 6.07 Å². The average Bonchev–Trinajstić information content (AvgIpc) is 2.64. The van der Waals surface area contributed by atoms with Gasteiger partial charge >= 0.3 is 0 Å². The summed E-state index contributed by atoms with van der Waals surface area (Å²) in [6.45, 7) is 3.26. The average molecular weight is 391 g/mol. The van der Waals surface area contributed by atoms with Crippen LogP contribution in [0.1, 0.15) is 42.1 Å². The molecule has 0 heterocycles. The van der Waals surface area contributed by atoms with Crippen LogP contribution in [-0.4, -0.2) is 17.7 Å². The zero-order chi connectivity index (χ0) is 17.2. The lowest BCUT2D eigenvalue weighted by atomic mass is 10.1. The molecule has 2 aromatic rings. The number of alkyl halides is 1. The number of halogens is 1. The maximum Gasteiger partial charge on any atom is 0.177 e. The third-order valence-electron chi connectivity index (χ3n) is 3.63. The minimum atomic E-state index is -0.00408. The number of benzene rings is 2. The van der Waals surface area contributed by atoms with Gasteiger partial charge in [0.2, 0.25) is 0 Å². The van der Waals surface area contributed by atoms with Gasteiger partial charge in [-0.2, -0.15) is 0 Å².